The van der Waals surface area contributed by atoms with Crippen molar-refractivity contribution in [1.82, 2.24) is 8.87 Å². The molecular weight excluding hydrogens is 406 g/mol. The van der Waals surface area contributed by atoms with Gasteiger partial charge in [-0.25, -0.2) is 17.5 Å². The molecule has 8 nitrogen and oxygen atoms in total. The number of aromatic nitrogens is 1. The summed E-state index contributed by atoms with van der Waals surface area (Å²) in [5.41, 5.74) is 2.64. The number of carbonyl (C=O) groups excluding carboxylic acids is 1. The van der Waals surface area contributed by atoms with Crippen LogP contribution in [0.2, 0.25) is 0 Å². The Morgan fingerprint density at radius 2 is 2.00 bits per heavy atom. The average molecular weight is 434 g/mol. The molecule has 2 aromatic heterocycles. The summed E-state index contributed by atoms with van der Waals surface area (Å²) in [6.07, 6.45) is 1.51. The van der Waals surface area contributed by atoms with Crippen LogP contribution in [0.4, 0.5) is 0 Å². The van der Waals surface area contributed by atoms with E-state index in [0.29, 0.717) is 5.92 Å². The van der Waals surface area contributed by atoms with E-state index in [1.165, 1.54) is 32.3 Å². The van der Waals surface area contributed by atoms with E-state index in [1.54, 1.807) is 0 Å². The van der Waals surface area contributed by atoms with E-state index < -0.39 is 16.0 Å². The minimum absolute atomic E-state index is 0.146. The Morgan fingerprint density at radius 3 is 2.57 bits per heavy atom. The molecule has 0 spiro atoms. The lowest BCUT2D eigenvalue weighted by Crippen LogP contribution is -2.21. The smallest absolute Gasteiger partial charge is 0.349 e. The molecule has 2 heterocycles. The van der Waals surface area contributed by atoms with E-state index in [1.807, 2.05) is 26.0 Å². The summed E-state index contributed by atoms with van der Waals surface area (Å²) >= 11 is 0. The van der Waals surface area contributed by atoms with Crippen LogP contribution in [0.25, 0.3) is 6.08 Å². The maximum absolute atomic E-state index is 12.4. The third-order valence-electron chi connectivity index (χ3n) is 4.52. The van der Waals surface area contributed by atoms with Crippen molar-refractivity contribution in [3.63, 3.8) is 0 Å². The highest BCUT2D eigenvalue weighted by atomic mass is 32.2. The van der Waals surface area contributed by atoms with Gasteiger partial charge in [0.1, 0.15) is 24.0 Å². The number of sulfonamides is 1. The van der Waals surface area contributed by atoms with Gasteiger partial charge < -0.3 is 13.7 Å². The van der Waals surface area contributed by atoms with E-state index in [4.69, 9.17) is 9.15 Å². The summed E-state index contributed by atoms with van der Waals surface area (Å²) in [5, 5.41) is 9.16. The van der Waals surface area contributed by atoms with Gasteiger partial charge >= 0.3 is 5.97 Å². The lowest BCUT2D eigenvalue weighted by molar-refractivity contribution is -0.140. The standard InChI is InChI=1S/C21H27N3O5S/c1-14(2)12-24-15(3)9-17(16(24)4)10-18(11-22)21(25)28-13-19-7-8-20(29-19)30(26,27)23(5)6/h7-10,14H,12-13H2,1-6H3/b18-10-. The molecule has 0 aliphatic rings. The third kappa shape index (κ3) is 5.20. The molecule has 0 aromatic carbocycles. The van der Waals surface area contributed by atoms with E-state index in [2.05, 4.69) is 18.4 Å². The summed E-state index contributed by atoms with van der Waals surface area (Å²) < 4.78 is 37.6. The van der Waals surface area contributed by atoms with Gasteiger partial charge in [0.15, 0.2) is 0 Å². The SMILES string of the molecule is Cc1cc(/C=C(/C#N)C(=O)OCc2ccc(S(=O)(=O)N(C)C)o2)c(C)n1CC(C)C. The first kappa shape index (κ1) is 23.4. The largest absolute Gasteiger partial charge is 0.453 e. The van der Waals surface area contributed by atoms with Crippen LogP contribution in [0.1, 0.15) is 36.6 Å². The monoisotopic (exact) mass is 433 g/mol. The number of hydrogen-bond acceptors (Lipinski definition) is 6. The zero-order valence-electron chi connectivity index (χ0n) is 18.1. The number of furan rings is 1. The Kier molecular flexibility index (Phi) is 7.29. The van der Waals surface area contributed by atoms with Crippen molar-refractivity contribution < 1.29 is 22.4 Å². The van der Waals surface area contributed by atoms with Crippen molar-refractivity contribution in [2.24, 2.45) is 5.92 Å². The fourth-order valence-corrected chi connectivity index (χ4v) is 3.69. The number of rotatable bonds is 8. The number of nitrogens with zero attached hydrogens (tertiary/aromatic N) is 3. The van der Waals surface area contributed by atoms with Gasteiger partial charge in [0, 0.05) is 32.0 Å². The molecule has 0 bridgehead atoms. The van der Waals surface area contributed by atoms with Crippen LogP contribution in [0.3, 0.4) is 0 Å². The maximum Gasteiger partial charge on any atom is 0.349 e. The Hall–Kier alpha value is -2.83. The molecule has 2 aromatic rings. The van der Waals surface area contributed by atoms with Gasteiger partial charge in [-0.05, 0) is 49.6 Å². The Balaban J connectivity index is 2.15. The molecule has 9 heteroatoms. The zero-order valence-corrected chi connectivity index (χ0v) is 18.9. The summed E-state index contributed by atoms with van der Waals surface area (Å²) in [5.74, 6) is -0.183. The lowest BCUT2D eigenvalue weighted by atomic mass is 10.1. The van der Waals surface area contributed by atoms with E-state index >= 15 is 0 Å². The van der Waals surface area contributed by atoms with Crippen molar-refractivity contribution in [2.45, 2.75) is 45.9 Å². The summed E-state index contributed by atoms with van der Waals surface area (Å²) in [4.78, 5) is 12.4. The van der Waals surface area contributed by atoms with E-state index in [0.717, 1.165) is 27.8 Å². The molecule has 0 saturated carbocycles. The van der Waals surface area contributed by atoms with Gasteiger partial charge in [-0.1, -0.05) is 13.8 Å². The average Bonchev–Trinajstić information content (AvgIpc) is 3.24. The number of esters is 1. The zero-order chi connectivity index (χ0) is 22.6. The van der Waals surface area contributed by atoms with Crippen molar-refractivity contribution in [1.29, 1.82) is 5.26 Å². The number of ether oxygens (including phenoxy) is 1. The van der Waals surface area contributed by atoms with Crippen LogP contribution < -0.4 is 0 Å². The quantitative estimate of drug-likeness (QED) is 0.359. The van der Waals surface area contributed by atoms with Crippen LogP contribution in [-0.2, 0) is 32.7 Å². The topological polar surface area (TPSA) is 106 Å². The van der Waals surface area contributed by atoms with Gasteiger partial charge in [0.25, 0.3) is 10.0 Å². The van der Waals surface area contributed by atoms with Crippen LogP contribution >= 0.6 is 0 Å². The molecule has 0 aliphatic heterocycles. The highest BCUT2D eigenvalue weighted by molar-refractivity contribution is 7.88. The highest BCUT2D eigenvalue weighted by Gasteiger charge is 2.22. The van der Waals surface area contributed by atoms with Crippen LogP contribution in [-0.4, -0.2) is 37.4 Å². The number of nitriles is 1. The summed E-state index contributed by atoms with van der Waals surface area (Å²) in [7, 11) is -0.934. The third-order valence-corrected chi connectivity index (χ3v) is 6.21. The second kappa shape index (κ2) is 9.32. The highest BCUT2D eigenvalue weighted by Crippen LogP contribution is 2.21. The molecular formula is C21H27N3O5S. The molecule has 0 radical (unpaired) electrons. The van der Waals surface area contributed by atoms with Crippen LogP contribution in [0.15, 0.2) is 33.3 Å². The first-order chi connectivity index (χ1) is 14.0. The van der Waals surface area contributed by atoms with Gasteiger partial charge in [0.2, 0.25) is 5.09 Å². The van der Waals surface area contributed by atoms with Crippen LogP contribution in [0, 0.1) is 31.1 Å². The Morgan fingerprint density at radius 1 is 1.33 bits per heavy atom. The fourth-order valence-electron chi connectivity index (χ4n) is 2.88. The Bertz CT molecular complexity index is 1100. The maximum atomic E-state index is 12.4. The minimum Gasteiger partial charge on any atom is -0.453 e. The fraction of sp³-hybridized carbons (Fsp3) is 0.429. The molecule has 0 fully saturated rings. The molecule has 0 atom stereocenters. The second-order valence-corrected chi connectivity index (χ2v) is 9.67. The molecule has 30 heavy (non-hydrogen) atoms. The molecule has 0 aliphatic carbocycles. The van der Waals surface area contributed by atoms with Gasteiger partial charge in [0.05, 0.1) is 0 Å². The number of carbonyl (C=O) groups is 1. The molecule has 0 amide bonds. The van der Waals surface area contributed by atoms with Crippen LogP contribution in [0.5, 0.6) is 0 Å². The molecule has 0 unspecified atom stereocenters. The van der Waals surface area contributed by atoms with Crippen molar-refractivity contribution >= 4 is 22.1 Å². The number of aryl methyl sites for hydroxylation is 1. The normalized spacial score (nSPS) is 12.4. The minimum atomic E-state index is -3.71. The predicted octanol–water partition coefficient (Wildman–Crippen LogP) is 3.25. The van der Waals surface area contributed by atoms with Gasteiger partial charge in [-0.2, -0.15) is 5.26 Å². The van der Waals surface area contributed by atoms with Crippen molar-refractivity contribution in [2.75, 3.05) is 14.1 Å². The van der Waals surface area contributed by atoms with Gasteiger partial charge in [-0.3, -0.25) is 0 Å². The second-order valence-electron chi connectivity index (χ2n) is 7.59. The first-order valence-electron chi connectivity index (χ1n) is 9.44. The summed E-state index contributed by atoms with van der Waals surface area (Å²) in [6.45, 7) is 8.72. The van der Waals surface area contributed by atoms with Crippen molar-refractivity contribution in [3.05, 3.63) is 46.5 Å². The molecule has 162 valence electrons. The lowest BCUT2D eigenvalue weighted by Gasteiger charge is -2.12. The Labute approximate surface area is 177 Å². The first-order valence-corrected chi connectivity index (χ1v) is 10.9. The number of hydrogen-bond donors (Lipinski definition) is 0. The van der Waals surface area contributed by atoms with E-state index in [9.17, 15) is 18.5 Å². The van der Waals surface area contributed by atoms with Crippen molar-refractivity contribution in [3.8, 4) is 6.07 Å². The molecule has 2 rings (SSSR count). The molecule has 0 saturated heterocycles. The summed E-state index contributed by atoms with van der Waals surface area (Å²) in [6, 6.07) is 6.51. The van der Waals surface area contributed by atoms with Gasteiger partial charge in [-0.15, -0.1) is 0 Å². The van der Waals surface area contributed by atoms with E-state index in [-0.39, 0.29) is 23.0 Å². The predicted molar refractivity (Wildman–Crippen MR) is 112 cm³/mol. The molecule has 0 N–H and O–H groups in total.